The second kappa shape index (κ2) is 6.33. The van der Waals surface area contributed by atoms with Crippen LogP contribution < -0.4 is 5.32 Å². The second-order valence-corrected chi connectivity index (χ2v) is 9.69. The van der Waals surface area contributed by atoms with Gasteiger partial charge in [0.25, 0.3) is 0 Å². The molecule has 4 fully saturated rings. The summed E-state index contributed by atoms with van der Waals surface area (Å²) in [5.74, 6) is 1.52. The van der Waals surface area contributed by atoms with Gasteiger partial charge in [0.05, 0.1) is 5.60 Å². The van der Waals surface area contributed by atoms with Crippen molar-refractivity contribution in [1.82, 2.24) is 5.32 Å². The van der Waals surface area contributed by atoms with Crippen molar-refractivity contribution in [2.45, 2.75) is 49.7 Å². The third kappa shape index (κ3) is 2.80. The average molecular weight is 389 g/mol. The fourth-order valence-corrected chi connectivity index (χ4v) is 6.99. The van der Waals surface area contributed by atoms with Crippen LogP contribution in [-0.4, -0.2) is 29.4 Å². The zero-order valence-electron chi connectivity index (χ0n) is 16.5. The standard InChI is InChI=1S/C25H27NO3/c27-24(26-23-16-9-15-10-17(23)13-25(28,11-15)12-16)29-14-22-20-7-3-1-5-18(20)19-6-2-4-8-21(19)22/h1-8,15-17,22-23,28H,9-14H2,(H,26,27)/t15?,16-,17+,23?,25?. The molecule has 5 aliphatic carbocycles. The quantitative estimate of drug-likeness (QED) is 0.815. The molecular weight excluding hydrogens is 362 g/mol. The zero-order valence-corrected chi connectivity index (χ0v) is 16.5. The maximum Gasteiger partial charge on any atom is 0.407 e. The fraction of sp³-hybridized carbons (Fsp3) is 0.480. The van der Waals surface area contributed by atoms with Gasteiger partial charge in [-0.05, 0) is 72.1 Å². The Morgan fingerprint density at radius 2 is 1.55 bits per heavy atom. The van der Waals surface area contributed by atoms with E-state index in [1.165, 1.54) is 22.3 Å². The number of alkyl carbamates (subject to hydrolysis) is 1. The predicted octanol–water partition coefficient (Wildman–Crippen LogP) is 4.46. The Morgan fingerprint density at radius 1 is 0.966 bits per heavy atom. The first-order valence-electron chi connectivity index (χ1n) is 10.9. The predicted molar refractivity (Wildman–Crippen MR) is 110 cm³/mol. The lowest BCUT2D eigenvalue weighted by Gasteiger charge is -2.57. The minimum Gasteiger partial charge on any atom is -0.449 e. The van der Waals surface area contributed by atoms with E-state index in [2.05, 4.69) is 53.8 Å². The molecule has 29 heavy (non-hydrogen) atoms. The van der Waals surface area contributed by atoms with Gasteiger partial charge in [-0.1, -0.05) is 48.5 Å². The summed E-state index contributed by atoms with van der Waals surface area (Å²) in [6, 6.07) is 17.0. The van der Waals surface area contributed by atoms with Gasteiger partial charge in [-0.25, -0.2) is 4.79 Å². The van der Waals surface area contributed by atoms with Crippen LogP contribution in [0.3, 0.4) is 0 Å². The minimum atomic E-state index is -0.476. The summed E-state index contributed by atoms with van der Waals surface area (Å²) in [6.45, 7) is 0.356. The number of nitrogens with one attached hydrogen (secondary N) is 1. The van der Waals surface area contributed by atoms with Gasteiger partial charge in [0, 0.05) is 12.0 Å². The van der Waals surface area contributed by atoms with Crippen molar-refractivity contribution in [3.8, 4) is 11.1 Å². The molecule has 150 valence electrons. The van der Waals surface area contributed by atoms with Crippen LogP contribution in [0.15, 0.2) is 48.5 Å². The molecule has 5 atom stereocenters. The van der Waals surface area contributed by atoms with Crippen molar-refractivity contribution in [2.75, 3.05) is 6.61 Å². The topological polar surface area (TPSA) is 58.6 Å². The van der Waals surface area contributed by atoms with Crippen molar-refractivity contribution in [2.24, 2.45) is 17.8 Å². The molecule has 2 aromatic rings. The monoisotopic (exact) mass is 389 g/mol. The molecule has 2 N–H and O–H groups in total. The van der Waals surface area contributed by atoms with Crippen molar-refractivity contribution in [3.63, 3.8) is 0 Å². The number of fused-ring (bicyclic) bond motifs is 3. The number of carbonyl (C=O) groups excluding carboxylic acids is 1. The Bertz CT molecular complexity index is 909. The van der Waals surface area contributed by atoms with Gasteiger partial charge in [0.1, 0.15) is 6.61 Å². The number of amides is 1. The third-order valence-electron chi connectivity index (χ3n) is 7.87. The van der Waals surface area contributed by atoms with Crippen LogP contribution in [0.5, 0.6) is 0 Å². The maximum atomic E-state index is 12.7. The first-order valence-corrected chi connectivity index (χ1v) is 10.9. The van der Waals surface area contributed by atoms with Crippen molar-refractivity contribution in [3.05, 3.63) is 59.7 Å². The Labute approximate surface area is 171 Å². The van der Waals surface area contributed by atoms with Crippen molar-refractivity contribution < 1.29 is 14.6 Å². The molecule has 1 amide bonds. The number of hydrogen-bond acceptors (Lipinski definition) is 3. The molecule has 4 saturated carbocycles. The number of ether oxygens (including phenoxy) is 1. The highest BCUT2D eigenvalue weighted by Gasteiger charge is 2.55. The second-order valence-electron chi connectivity index (χ2n) is 9.69. The molecule has 0 spiro atoms. The lowest BCUT2D eigenvalue weighted by Crippen LogP contribution is -2.61. The van der Waals surface area contributed by atoms with E-state index in [0.29, 0.717) is 24.4 Å². The highest BCUT2D eigenvalue weighted by Crippen LogP contribution is 2.55. The molecule has 3 unspecified atom stereocenters. The molecule has 0 aliphatic heterocycles. The third-order valence-corrected chi connectivity index (χ3v) is 7.87. The SMILES string of the molecule is O=C(NC1[C@@H]2CC3C[C@H]1CC(O)(C3)C2)OCC1c2ccccc2-c2ccccc21. The highest BCUT2D eigenvalue weighted by atomic mass is 16.5. The van der Waals surface area contributed by atoms with Gasteiger partial charge in [0.2, 0.25) is 0 Å². The van der Waals surface area contributed by atoms with Crippen LogP contribution >= 0.6 is 0 Å². The molecule has 7 rings (SSSR count). The van der Waals surface area contributed by atoms with E-state index in [1.807, 2.05) is 0 Å². The van der Waals surface area contributed by atoms with Gasteiger partial charge >= 0.3 is 6.09 Å². The maximum absolute atomic E-state index is 12.7. The number of hydrogen-bond donors (Lipinski definition) is 2. The number of carbonyl (C=O) groups is 1. The summed E-state index contributed by atoms with van der Waals surface area (Å²) in [5, 5.41) is 13.9. The number of rotatable bonds is 3. The van der Waals surface area contributed by atoms with E-state index in [4.69, 9.17) is 4.74 Å². The van der Waals surface area contributed by atoms with E-state index >= 15 is 0 Å². The van der Waals surface area contributed by atoms with Gasteiger partial charge in [-0.3, -0.25) is 0 Å². The van der Waals surface area contributed by atoms with Gasteiger partial charge in [-0.15, -0.1) is 0 Å². The highest BCUT2D eigenvalue weighted by molar-refractivity contribution is 5.79. The van der Waals surface area contributed by atoms with Crippen molar-refractivity contribution in [1.29, 1.82) is 0 Å². The Balaban J connectivity index is 1.15. The molecule has 0 heterocycles. The summed E-state index contributed by atoms with van der Waals surface area (Å²) in [4.78, 5) is 12.7. The lowest BCUT2D eigenvalue weighted by molar-refractivity contribution is -0.137. The van der Waals surface area contributed by atoms with Crippen LogP contribution in [0.2, 0.25) is 0 Å². The summed E-state index contributed by atoms with van der Waals surface area (Å²) >= 11 is 0. The molecule has 5 aliphatic rings. The molecule has 4 nitrogen and oxygen atoms in total. The van der Waals surface area contributed by atoms with E-state index in [-0.39, 0.29) is 18.1 Å². The Morgan fingerprint density at radius 3 is 2.14 bits per heavy atom. The van der Waals surface area contributed by atoms with E-state index in [0.717, 1.165) is 32.1 Å². The van der Waals surface area contributed by atoms with Gasteiger partial charge in [0.15, 0.2) is 0 Å². The lowest BCUT2D eigenvalue weighted by atomic mass is 9.52. The summed E-state index contributed by atoms with van der Waals surface area (Å²) in [5.41, 5.74) is 4.48. The molecule has 0 saturated heterocycles. The van der Waals surface area contributed by atoms with Crippen LogP contribution in [0, 0.1) is 17.8 Å². The Kier molecular flexibility index (Phi) is 3.83. The van der Waals surface area contributed by atoms with E-state index in [9.17, 15) is 9.90 Å². The normalized spacial score (nSPS) is 34.0. The molecule has 4 heteroatoms. The van der Waals surface area contributed by atoms with E-state index < -0.39 is 5.60 Å². The molecular formula is C25H27NO3. The summed E-state index contributed by atoms with van der Waals surface area (Å²) < 4.78 is 5.76. The molecule has 4 bridgehead atoms. The number of benzene rings is 2. The fourth-order valence-electron chi connectivity index (χ4n) is 6.99. The number of aliphatic hydroxyl groups is 1. The minimum absolute atomic E-state index is 0.0901. The smallest absolute Gasteiger partial charge is 0.407 e. The average Bonchev–Trinajstić information content (AvgIpc) is 3.02. The molecule has 0 radical (unpaired) electrons. The summed E-state index contributed by atoms with van der Waals surface area (Å²) in [7, 11) is 0. The largest absolute Gasteiger partial charge is 0.449 e. The molecule has 0 aromatic heterocycles. The van der Waals surface area contributed by atoms with Crippen LogP contribution in [0.1, 0.15) is 49.1 Å². The Hall–Kier alpha value is -2.33. The van der Waals surface area contributed by atoms with E-state index in [1.54, 1.807) is 0 Å². The summed E-state index contributed by atoms with van der Waals surface area (Å²) in [6.07, 6.45) is 4.57. The van der Waals surface area contributed by atoms with Crippen LogP contribution in [0.4, 0.5) is 4.79 Å². The van der Waals surface area contributed by atoms with Crippen molar-refractivity contribution >= 4 is 6.09 Å². The van der Waals surface area contributed by atoms with Gasteiger partial charge < -0.3 is 15.2 Å². The zero-order chi connectivity index (χ0) is 19.6. The molecule has 2 aromatic carbocycles. The van der Waals surface area contributed by atoms with Crippen LogP contribution in [0.25, 0.3) is 11.1 Å². The van der Waals surface area contributed by atoms with Crippen LogP contribution in [-0.2, 0) is 4.74 Å². The first-order chi connectivity index (χ1) is 14.1. The first kappa shape index (κ1) is 17.5. The van der Waals surface area contributed by atoms with Gasteiger partial charge in [-0.2, -0.15) is 0 Å².